The molecule has 0 unspecified atom stereocenters. The van der Waals surface area contributed by atoms with Crippen molar-refractivity contribution in [1.82, 2.24) is 10.3 Å². The molecular weight excluding hydrogens is 220 g/mol. The molecule has 90 valence electrons. The number of aliphatic hydroxyl groups excluding tert-OH is 1. The molecule has 1 aromatic rings. The molecular formula is C12H20N2OS. The van der Waals surface area contributed by atoms with Gasteiger partial charge < -0.3 is 10.4 Å². The Morgan fingerprint density at radius 3 is 2.81 bits per heavy atom. The summed E-state index contributed by atoms with van der Waals surface area (Å²) in [6.07, 6.45) is 4.85. The summed E-state index contributed by atoms with van der Waals surface area (Å²) >= 11 is 1.70. The summed E-state index contributed by atoms with van der Waals surface area (Å²) in [5.41, 5.74) is 1.24. The standard InChI is InChI=1S/C12H20N2OS/c1-10-7-16-11(14-10)6-13-8-12(9-15)4-2-3-5-12/h7,13,15H,2-6,8-9H2,1H3. The van der Waals surface area contributed by atoms with Gasteiger partial charge in [-0.25, -0.2) is 4.98 Å². The molecule has 0 aromatic carbocycles. The van der Waals surface area contributed by atoms with E-state index in [0.717, 1.165) is 36.6 Å². The molecule has 4 heteroatoms. The minimum absolute atomic E-state index is 0.145. The van der Waals surface area contributed by atoms with Crippen LogP contribution in [0.3, 0.4) is 0 Å². The first-order valence-electron chi connectivity index (χ1n) is 5.97. The van der Waals surface area contributed by atoms with Crippen molar-refractivity contribution in [3.05, 3.63) is 16.1 Å². The second kappa shape index (κ2) is 5.25. The lowest BCUT2D eigenvalue weighted by atomic mass is 9.87. The number of hydrogen-bond donors (Lipinski definition) is 2. The predicted octanol–water partition coefficient (Wildman–Crippen LogP) is 2.09. The number of aromatic nitrogens is 1. The lowest BCUT2D eigenvalue weighted by Gasteiger charge is -2.26. The van der Waals surface area contributed by atoms with Gasteiger partial charge in [-0.2, -0.15) is 0 Å². The number of aryl methyl sites for hydroxylation is 1. The lowest BCUT2D eigenvalue weighted by molar-refractivity contribution is 0.128. The summed E-state index contributed by atoms with van der Waals surface area (Å²) in [4.78, 5) is 4.42. The second-order valence-corrected chi connectivity index (χ2v) is 5.79. The summed E-state index contributed by atoms with van der Waals surface area (Å²) in [6.45, 7) is 4.09. The van der Waals surface area contributed by atoms with Crippen molar-refractivity contribution in [2.75, 3.05) is 13.2 Å². The third-order valence-corrected chi connectivity index (χ3v) is 4.41. The molecule has 0 atom stereocenters. The van der Waals surface area contributed by atoms with Gasteiger partial charge in [-0.1, -0.05) is 12.8 Å². The zero-order valence-electron chi connectivity index (χ0n) is 9.83. The predicted molar refractivity (Wildman–Crippen MR) is 66.5 cm³/mol. The Labute approximate surface area is 101 Å². The largest absolute Gasteiger partial charge is 0.396 e. The van der Waals surface area contributed by atoms with E-state index in [-0.39, 0.29) is 5.41 Å². The fourth-order valence-electron chi connectivity index (χ4n) is 2.43. The summed E-state index contributed by atoms with van der Waals surface area (Å²) in [5, 5.41) is 16.1. The van der Waals surface area contributed by atoms with Crippen molar-refractivity contribution in [2.45, 2.75) is 39.2 Å². The topological polar surface area (TPSA) is 45.1 Å². The SMILES string of the molecule is Cc1csc(CNCC2(CO)CCCC2)n1. The van der Waals surface area contributed by atoms with Gasteiger partial charge in [0.1, 0.15) is 5.01 Å². The van der Waals surface area contributed by atoms with Crippen LogP contribution in [-0.4, -0.2) is 23.2 Å². The fraction of sp³-hybridized carbons (Fsp3) is 0.750. The maximum atomic E-state index is 9.46. The van der Waals surface area contributed by atoms with Crippen LogP contribution in [0.15, 0.2) is 5.38 Å². The average Bonchev–Trinajstić information content (AvgIpc) is 2.89. The highest BCUT2D eigenvalue weighted by Gasteiger charge is 2.32. The molecule has 16 heavy (non-hydrogen) atoms. The van der Waals surface area contributed by atoms with Gasteiger partial charge in [-0.05, 0) is 19.8 Å². The molecule has 2 rings (SSSR count). The van der Waals surface area contributed by atoms with Crippen molar-refractivity contribution >= 4 is 11.3 Å². The third-order valence-electron chi connectivity index (χ3n) is 3.44. The van der Waals surface area contributed by atoms with Crippen LogP contribution >= 0.6 is 11.3 Å². The van der Waals surface area contributed by atoms with Crippen LogP contribution in [-0.2, 0) is 6.54 Å². The molecule has 1 aliphatic rings. The van der Waals surface area contributed by atoms with Crippen LogP contribution in [0.4, 0.5) is 0 Å². The first-order chi connectivity index (χ1) is 7.74. The van der Waals surface area contributed by atoms with E-state index < -0.39 is 0 Å². The van der Waals surface area contributed by atoms with Crippen LogP contribution in [0.2, 0.25) is 0 Å². The number of nitrogens with zero attached hydrogens (tertiary/aromatic N) is 1. The highest BCUT2D eigenvalue weighted by Crippen LogP contribution is 2.36. The molecule has 0 bridgehead atoms. The summed E-state index contributed by atoms with van der Waals surface area (Å²) < 4.78 is 0. The summed E-state index contributed by atoms with van der Waals surface area (Å²) in [5.74, 6) is 0. The highest BCUT2D eigenvalue weighted by molar-refractivity contribution is 7.09. The van der Waals surface area contributed by atoms with E-state index in [4.69, 9.17) is 0 Å². The molecule has 1 aromatic heterocycles. The first-order valence-corrected chi connectivity index (χ1v) is 6.85. The summed E-state index contributed by atoms with van der Waals surface area (Å²) in [6, 6.07) is 0. The van der Waals surface area contributed by atoms with Gasteiger partial charge in [0.2, 0.25) is 0 Å². The van der Waals surface area contributed by atoms with E-state index in [2.05, 4.69) is 15.7 Å². The molecule has 0 aliphatic heterocycles. The highest BCUT2D eigenvalue weighted by atomic mass is 32.1. The van der Waals surface area contributed by atoms with E-state index in [1.54, 1.807) is 11.3 Å². The van der Waals surface area contributed by atoms with E-state index in [9.17, 15) is 5.11 Å². The molecule has 1 heterocycles. The van der Waals surface area contributed by atoms with E-state index in [1.807, 2.05) is 6.92 Å². The van der Waals surface area contributed by atoms with Crippen molar-refractivity contribution < 1.29 is 5.11 Å². The van der Waals surface area contributed by atoms with Gasteiger partial charge in [0, 0.05) is 36.2 Å². The number of hydrogen-bond acceptors (Lipinski definition) is 4. The maximum Gasteiger partial charge on any atom is 0.107 e. The normalized spacial score (nSPS) is 19.1. The molecule has 0 saturated heterocycles. The zero-order valence-corrected chi connectivity index (χ0v) is 10.6. The van der Waals surface area contributed by atoms with Crippen LogP contribution in [0, 0.1) is 12.3 Å². The van der Waals surface area contributed by atoms with Gasteiger partial charge in [-0.15, -0.1) is 11.3 Å². The van der Waals surface area contributed by atoms with Gasteiger partial charge in [-0.3, -0.25) is 0 Å². The number of thiazole rings is 1. The summed E-state index contributed by atoms with van der Waals surface area (Å²) in [7, 11) is 0. The molecule has 2 N–H and O–H groups in total. The van der Waals surface area contributed by atoms with E-state index >= 15 is 0 Å². The average molecular weight is 240 g/mol. The first kappa shape index (κ1) is 12.0. The molecule has 1 fully saturated rings. The second-order valence-electron chi connectivity index (χ2n) is 4.85. The van der Waals surface area contributed by atoms with Gasteiger partial charge in [0.25, 0.3) is 0 Å². The molecule has 3 nitrogen and oxygen atoms in total. The Kier molecular flexibility index (Phi) is 3.95. The monoisotopic (exact) mass is 240 g/mol. The van der Waals surface area contributed by atoms with Crippen LogP contribution in [0.25, 0.3) is 0 Å². The van der Waals surface area contributed by atoms with E-state index in [0.29, 0.717) is 6.61 Å². The van der Waals surface area contributed by atoms with Gasteiger partial charge >= 0.3 is 0 Å². The molecule has 0 radical (unpaired) electrons. The van der Waals surface area contributed by atoms with E-state index in [1.165, 1.54) is 12.8 Å². The van der Waals surface area contributed by atoms with Crippen molar-refractivity contribution in [2.24, 2.45) is 5.41 Å². The number of rotatable bonds is 5. The lowest BCUT2D eigenvalue weighted by Crippen LogP contribution is -2.34. The van der Waals surface area contributed by atoms with Crippen LogP contribution < -0.4 is 5.32 Å². The van der Waals surface area contributed by atoms with Crippen molar-refractivity contribution in [1.29, 1.82) is 0 Å². The van der Waals surface area contributed by atoms with Crippen LogP contribution in [0.1, 0.15) is 36.4 Å². The third kappa shape index (κ3) is 2.81. The minimum Gasteiger partial charge on any atom is -0.396 e. The van der Waals surface area contributed by atoms with Gasteiger partial charge in [0.15, 0.2) is 0 Å². The molecule has 0 spiro atoms. The number of nitrogens with one attached hydrogen (secondary N) is 1. The van der Waals surface area contributed by atoms with Crippen LogP contribution in [0.5, 0.6) is 0 Å². The van der Waals surface area contributed by atoms with Crippen molar-refractivity contribution in [3.8, 4) is 0 Å². The number of aliphatic hydroxyl groups is 1. The van der Waals surface area contributed by atoms with Crippen molar-refractivity contribution in [3.63, 3.8) is 0 Å². The Balaban J connectivity index is 1.78. The smallest absolute Gasteiger partial charge is 0.107 e. The molecule has 0 amide bonds. The Morgan fingerprint density at radius 1 is 1.50 bits per heavy atom. The molecule has 1 aliphatic carbocycles. The van der Waals surface area contributed by atoms with Gasteiger partial charge in [0.05, 0.1) is 0 Å². The Bertz CT molecular complexity index is 332. The minimum atomic E-state index is 0.145. The Morgan fingerprint density at radius 2 is 2.25 bits per heavy atom. The fourth-order valence-corrected chi connectivity index (χ4v) is 3.18. The quantitative estimate of drug-likeness (QED) is 0.828. The maximum absolute atomic E-state index is 9.46. The zero-order chi connectivity index (χ0) is 11.4. The Hall–Kier alpha value is -0.450. The molecule has 1 saturated carbocycles.